The quantitative estimate of drug-likeness (QED) is 0.509. The van der Waals surface area contributed by atoms with Crippen molar-refractivity contribution < 1.29 is 28.6 Å². The van der Waals surface area contributed by atoms with Crippen LogP contribution in [0.2, 0.25) is 0 Å². The van der Waals surface area contributed by atoms with E-state index in [1.54, 1.807) is 18.2 Å². The van der Waals surface area contributed by atoms with Crippen molar-refractivity contribution in [3.8, 4) is 11.5 Å². The van der Waals surface area contributed by atoms with E-state index in [1.165, 1.54) is 31.3 Å². The largest absolute Gasteiger partial charge is 0.507 e. The molecule has 0 saturated carbocycles. The number of benzene rings is 2. The van der Waals surface area contributed by atoms with Crippen LogP contribution < -0.4 is 9.47 Å². The van der Waals surface area contributed by atoms with E-state index >= 15 is 0 Å². The van der Waals surface area contributed by atoms with E-state index in [2.05, 4.69) is 0 Å². The van der Waals surface area contributed by atoms with Gasteiger partial charge in [0, 0.05) is 18.2 Å². The highest BCUT2D eigenvalue weighted by molar-refractivity contribution is 6.46. The molecule has 2 aliphatic rings. The van der Waals surface area contributed by atoms with Gasteiger partial charge in [0.2, 0.25) is 6.79 Å². The molecule has 0 spiro atoms. The highest BCUT2D eigenvalue weighted by Crippen LogP contribution is 2.41. The van der Waals surface area contributed by atoms with Gasteiger partial charge in [0.1, 0.15) is 11.6 Å². The van der Waals surface area contributed by atoms with Crippen molar-refractivity contribution >= 4 is 17.4 Å². The summed E-state index contributed by atoms with van der Waals surface area (Å²) in [5.74, 6) is -1.69. The molecule has 0 aliphatic carbocycles. The Morgan fingerprint density at radius 2 is 1.88 bits per heavy atom. The van der Waals surface area contributed by atoms with Crippen LogP contribution in [-0.4, -0.2) is 35.5 Å². The van der Waals surface area contributed by atoms with E-state index in [-0.39, 0.29) is 29.3 Å². The summed E-state index contributed by atoms with van der Waals surface area (Å²) in [4.78, 5) is 25.8. The molecule has 4 rings (SSSR count). The summed E-state index contributed by atoms with van der Waals surface area (Å²) >= 11 is 0. The molecule has 0 aromatic heterocycles. The minimum atomic E-state index is -1.01. The third kappa shape index (κ3) is 2.32. The Morgan fingerprint density at radius 3 is 2.65 bits per heavy atom. The van der Waals surface area contributed by atoms with Crippen molar-refractivity contribution in [3.05, 3.63) is 65.0 Å². The van der Waals surface area contributed by atoms with Gasteiger partial charge in [-0.2, -0.15) is 0 Å². The molecule has 1 atom stereocenters. The Balaban J connectivity index is 1.88. The van der Waals surface area contributed by atoms with Gasteiger partial charge in [-0.05, 0) is 24.3 Å². The van der Waals surface area contributed by atoms with Crippen LogP contribution in [0.3, 0.4) is 0 Å². The molecular weight excluding hydrogens is 341 g/mol. The Hall–Kier alpha value is -3.35. The van der Waals surface area contributed by atoms with Crippen molar-refractivity contribution in [2.45, 2.75) is 6.04 Å². The molecule has 2 aromatic carbocycles. The molecule has 2 heterocycles. The van der Waals surface area contributed by atoms with Gasteiger partial charge in [-0.1, -0.05) is 18.2 Å². The van der Waals surface area contributed by atoms with Crippen LogP contribution in [0.25, 0.3) is 5.76 Å². The molecule has 1 amide bonds. The first-order chi connectivity index (χ1) is 12.5. The lowest BCUT2D eigenvalue weighted by molar-refractivity contribution is -0.139. The number of amides is 1. The first-order valence-electron chi connectivity index (χ1n) is 7.88. The molecule has 26 heavy (non-hydrogen) atoms. The van der Waals surface area contributed by atoms with E-state index in [0.717, 1.165) is 4.90 Å². The van der Waals surface area contributed by atoms with Crippen LogP contribution in [0.15, 0.2) is 48.0 Å². The third-order valence-electron chi connectivity index (χ3n) is 4.52. The number of ketones is 1. The van der Waals surface area contributed by atoms with Gasteiger partial charge in [-0.15, -0.1) is 0 Å². The lowest BCUT2D eigenvalue weighted by Gasteiger charge is -2.21. The summed E-state index contributed by atoms with van der Waals surface area (Å²) < 4.78 is 24.8. The molecule has 132 valence electrons. The normalized spacial score (nSPS) is 20.7. The second kappa shape index (κ2) is 5.87. The van der Waals surface area contributed by atoms with Gasteiger partial charge in [0.25, 0.3) is 11.7 Å². The lowest BCUT2D eigenvalue weighted by atomic mass is 9.95. The van der Waals surface area contributed by atoms with Crippen LogP contribution in [0.1, 0.15) is 17.2 Å². The van der Waals surface area contributed by atoms with Crippen LogP contribution in [0, 0.1) is 5.82 Å². The van der Waals surface area contributed by atoms with E-state index < -0.39 is 23.5 Å². The number of fused-ring (bicyclic) bond motifs is 1. The number of hydrogen-bond acceptors (Lipinski definition) is 5. The summed E-state index contributed by atoms with van der Waals surface area (Å²) in [6.07, 6.45) is 0. The molecule has 2 aliphatic heterocycles. The number of Topliss-reactive ketones (excluding diaryl/α,β-unsaturated/α-hetero) is 1. The number of carbonyl (C=O) groups is 2. The SMILES string of the molecule is CN1C(=O)C(=O)/C(=C(/O)c2ccc3c(c2)OCO3)C1c1ccccc1F. The van der Waals surface area contributed by atoms with E-state index in [0.29, 0.717) is 11.5 Å². The fourth-order valence-corrected chi connectivity index (χ4v) is 3.21. The molecule has 1 saturated heterocycles. The Kier molecular flexibility index (Phi) is 3.64. The highest BCUT2D eigenvalue weighted by atomic mass is 19.1. The van der Waals surface area contributed by atoms with Crippen LogP contribution >= 0.6 is 0 Å². The average molecular weight is 355 g/mol. The van der Waals surface area contributed by atoms with Crippen LogP contribution in [0.4, 0.5) is 4.39 Å². The number of nitrogens with zero attached hydrogens (tertiary/aromatic N) is 1. The van der Waals surface area contributed by atoms with Gasteiger partial charge in [-0.25, -0.2) is 4.39 Å². The summed E-state index contributed by atoms with van der Waals surface area (Å²) in [5, 5.41) is 10.7. The molecular formula is C19H14FNO5. The van der Waals surface area contributed by atoms with Crippen LogP contribution in [-0.2, 0) is 9.59 Å². The average Bonchev–Trinajstić information content (AvgIpc) is 3.20. The van der Waals surface area contributed by atoms with Gasteiger partial charge in [0.05, 0.1) is 11.6 Å². The number of likely N-dealkylation sites (N-methyl/N-ethyl adjacent to an activating group) is 1. The maximum atomic E-state index is 14.3. The summed E-state index contributed by atoms with van der Waals surface area (Å²) in [6, 6.07) is 9.48. The van der Waals surface area contributed by atoms with Crippen molar-refractivity contribution in [1.29, 1.82) is 0 Å². The third-order valence-corrected chi connectivity index (χ3v) is 4.52. The second-order valence-electron chi connectivity index (χ2n) is 6.00. The molecule has 0 bridgehead atoms. The highest BCUT2D eigenvalue weighted by Gasteiger charge is 2.45. The minimum absolute atomic E-state index is 0.0636. The first kappa shape index (κ1) is 16.1. The predicted molar refractivity (Wildman–Crippen MR) is 89.0 cm³/mol. The predicted octanol–water partition coefficient (Wildman–Crippen LogP) is 2.61. The molecule has 1 unspecified atom stereocenters. The summed E-state index contributed by atoms with van der Waals surface area (Å²) in [7, 11) is 1.40. The standard InChI is InChI=1S/C19H14FNO5/c1-21-16(11-4-2-3-5-12(11)20)15(18(23)19(21)24)17(22)10-6-7-13-14(8-10)26-9-25-13/h2-8,16,22H,9H2,1H3/b17-15+. The minimum Gasteiger partial charge on any atom is -0.507 e. The number of rotatable bonds is 2. The number of carbonyl (C=O) groups excluding carboxylic acids is 2. The summed E-state index contributed by atoms with van der Waals surface area (Å²) in [5.41, 5.74) is 0.250. The Labute approximate surface area is 148 Å². The summed E-state index contributed by atoms with van der Waals surface area (Å²) in [6.45, 7) is 0.0636. The van der Waals surface area contributed by atoms with Gasteiger partial charge < -0.3 is 19.5 Å². The maximum absolute atomic E-state index is 14.3. The molecule has 7 heteroatoms. The van der Waals surface area contributed by atoms with E-state index in [9.17, 15) is 19.1 Å². The zero-order valence-electron chi connectivity index (χ0n) is 13.7. The molecule has 2 aromatic rings. The maximum Gasteiger partial charge on any atom is 0.295 e. The van der Waals surface area contributed by atoms with Crippen molar-refractivity contribution in [2.75, 3.05) is 13.8 Å². The van der Waals surface area contributed by atoms with E-state index in [1.807, 2.05) is 0 Å². The van der Waals surface area contributed by atoms with Crippen molar-refractivity contribution in [2.24, 2.45) is 0 Å². The number of aliphatic hydroxyl groups excluding tert-OH is 1. The molecule has 0 radical (unpaired) electrons. The van der Waals surface area contributed by atoms with Gasteiger partial charge >= 0.3 is 0 Å². The second-order valence-corrected chi connectivity index (χ2v) is 6.00. The topological polar surface area (TPSA) is 76.1 Å². The monoisotopic (exact) mass is 355 g/mol. The Bertz CT molecular complexity index is 968. The zero-order chi connectivity index (χ0) is 18.4. The molecule has 6 nitrogen and oxygen atoms in total. The number of halogens is 1. The number of aliphatic hydroxyl groups is 1. The zero-order valence-corrected chi connectivity index (χ0v) is 13.7. The lowest BCUT2D eigenvalue weighted by Crippen LogP contribution is -2.25. The number of likely N-dealkylation sites (tertiary alicyclic amines) is 1. The number of ether oxygens (including phenoxy) is 2. The molecule has 1 N–H and O–H groups in total. The first-order valence-corrected chi connectivity index (χ1v) is 7.88. The number of hydrogen-bond donors (Lipinski definition) is 1. The van der Waals surface area contributed by atoms with Crippen LogP contribution in [0.5, 0.6) is 11.5 Å². The fourth-order valence-electron chi connectivity index (χ4n) is 3.21. The van der Waals surface area contributed by atoms with Gasteiger partial charge in [-0.3, -0.25) is 9.59 Å². The smallest absolute Gasteiger partial charge is 0.295 e. The van der Waals surface area contributed by atoms with Gasteiger partial charge in [0.15, 0.2) is 11.5 Å². The van der Waals surface area contributed by atoms with Crippen molar-refractivity contribution in [3.63, 3.8) is 0 Å². The Morgan fingerprint density at radius 1 is 1.15 bits per heavy atom. The van der Waals surface area contributed by atoms with E-state index in [4.69, 9.17) is 9.47 Å². The fraction of sp³-hybridized carbons (Fsp3) is 0.158. The van der Waals surface area contributed by atoms with Crippen molar-refractivity contribution in [1.82, 2.24) is 4.90 Å². The molecule has 1 fully saturated rings.